The van der Waals surface area contributed by atoms with Gasteiger partial charge >= 0.3 is 6.18 Å². The van der Waals surface area contributed by atoms with Crippen molar-refractivity contribution in [2.45, 2.75) is 32.3 Å². The van der Waals surface area contributed by atoms with E-state index in [1.807, 2.05) is 31.2 Å². The first-order valence-electron chi connectivity index (χ1n) is 10.3. The lowest BCUT2D eigenvalue weighted by atomic mass is 10.1. The number of halogens is 3. The Balaban J connectivity index is 1.66. The van der Waals surface area contributed by atoms with Gasteiger partial charge < -0.3 is 14.8 Å². The number of hydrogen-bond acceptors (Lipinski definition) is 6. The summed E-state index contributed by atoms with van der Waals surface area (Å²) in [6, 6.07) is 10.5. The number of carbonyl (C=O) groups excluding carboxylic acids is 1. The van der Waals surface area contributed by atoms with Crippen LogP contribution in [-0.2, 0) is 17.8 Å². The van der Waals surface area contributed by atoms with Crippen LogP contribution in [0, 0.1) is 10.1 Å². The predicted octanol–water partition coefficient (Wildman–Crippen LogP) is 3.69. The second kappa shape index (κ2) is 10.6. The van der Waals surface area contributed by atoms with Crippen molar-refractivity contribution < 1.29 is 32.4 Å². The summed E-state index contributed by atoms with van der Waals surface area (Å²) >= 11 is 0. The minimum Gasteiger partial charge on any atom is -0.484 e. The highest BCUT2D eigenvalue weighted by Gasteiger charge is 2.29. The molecule has 0 bridgehead atoms. The van der Waals surface area contributed by atoms with Crippen LogP contribution < -0.4 is 10.1 Å². The lowest BCUT2D eigenvalue weighted by Crippen LogP contribution is -2.40. The summed E-state index contributed by atoms with van der Waals surface area (Å²) in [5, 5.41) is 13.9. The molecule has 2 aromatic carbocycles. The number of carbonyl (C=O) groups is 1. The third kappa shape index (κ3) is 7.43. The minimum absolute atomic E-state index is 0.0942. The van der Waals surface area contributed by atoms with Crippen LogP contribution in [0.4, 0.5) is 18.9 Å². The summed E-state index contributed by atoms with van der Waals surface area (Å²) in [5.74, 6) is -1.07. The van der Waals surface area contributed by atoms with Crippen LogP contribution in [-0.4, -0.2) is 54.3 Å². The van der Waals surface area contributed by atoms with Gasteiger partial charge in [0.1, 0.15) is 11.3 Å². The molecule has 1 unspecified atom stereocenters. The van der Waals surface area contributed by atoms with Gasteiger partial charge in [0.25, 0.3) is 11.6 Å². The van der Waals surface area contributed by atoms with Gasteiger partial charge in [-0.3, -0.25) is 19.8 Å². The minimum atomic E-state index is -4.57. The fourth-order valence-electron chi connectivity index (χ4n) is 3.52. The van der Waals surface area contributed by atoms with Gasteiger partial charge in [-0.2, -0.15) is 13.2 Å². The van der Waals surface area contributed by atoms with E-state index in [0.29, 0.717) is 6.61 Å². The van der Waals surface area contributed by atoms with Crippen molar-refractivity contribution in [3.05, 3.63) is 69.3 Å². The van der Waals surface area contributed by atoms with Crippen LogP contribution in [0.15, 0.2) is 42.5 Å². The number of nitro groups is 1. The number of nitrogens with one attached hydrogen (secondary N) is 1. The van der Waals surface area contributed by atoms with Crippen LogP contribution in [0.3, 0.4) is 0 Å². The first-order chi connectivity index (χ1) is 15.6. The Kier molecular flexibility index (Phi) is 7.88. The zero-order chi connectivity index (χ0) is 24.0. The molecule has 3 rings (SSSR count). The molecule has 0 spiro atoms. The van der Waals surface area contributed by atoms with Gasteiger partial charge in [-0.15, -0.1) is 0 Å². The Labute approximate surface area is 188 Å². The van der Waals surface area contributed by atoms with E-state index in [0.717, 1.165) is 49.0 Å². The Morgan fingerprint density at radius 3 is 2.73 bits per heavy atom. The Morgan fingerprint density at radius 1 is 1.27 bits per heavy atom. The van der Waals surface area contributed by atoms with Gasteiger partial charge in [-0.1, -0.05) is 24.3 Å². The summed E-state index contributed by atoms with van der Waals surface area (Å²) in [6.45, 7) is 3.57. The topological polar surface area (TPSA) is 93.9 Å². The van der Waals surface area contributed by atoms with Crippen LogP contribution in [0.25, 0.3) is 0 Å². The summed E-state index contributed by atoms with van der Waals surface area (Å²) in [4.78, 5) is 25.4. The van der Waals surface area contributed by atoms with E-state index < -0.39 is 29.3 Å². The van der Waals surface area contributed by atoms with Crippen molar-refractivity contribution in [1.29, 1.82) is 0 Å². The van der Waals surface area contributed by atoms with Gasteiger partial charge in [0.15, 0.2) is 6.61 Å². The van der Waals surface area contributed by atoms with Gasteiger partial charge in [0.05, 0.1) is 17.6 Å². The second-order valence-electron chi connectivity index (χ2n) is 7.76. The normalized spacial score (nSPS) is 16.9. The maximum Gasteiger partial charge on any atom is 0.422 e. The Morgan fingerprint density at radius 2 is 2.03 bits per heavy atom. The smallest absolute Gasteiger partial charge is 0.422 e. The highest BCUT2D eigenvalue weighted by atomic mass is 19.4. The van der Waals surface area contributed by atoms with Crippen molar-refractivity contribution >= 4 is 11.6 Å². The molecule has 1 aliphatic heterocycles. The van der Waals surface area contributed by atoms with E-state index in [-0.39, 0.29) is 24.0 Å². The standard InChI is InChI=1S/C22H24F3N3O5/c1-15-12-27(7-8-32-15)13-17-4-2-3-16(9-17)11-26-21(29)19-10-18(33-14-22(23,24)25)5-6-20(19)28(30)31/h2-6,9-10,15H,7-8,11-14H2,1H3,(H,26,29). The van der Waals surface area contributed by atoms with Gasteiger partial charge in [0.2, 0.25) is 0 Å². The molecule has 1 saturated heterocycles. The third-order valence-corrected chi connectivity index (χ3v) is 4.99. The molecule has 11 heteroatoms. The number of nitrogens with zero attached hydrogens (tertiary/aromatic N) is 2. The van der Waals surface area contributed by atoms with Crippen LogP contribution in [0.5, 0.6) is 5.75 Å². The van der Waals surface area contributed by atoms with Gasteiger partial charge in [-0.05, 0) is 30.2 Å². The number of nitro benzene ring substituents is 1. The molecule has 0 aliphatic carbocycles. The fourth-order valence-corrected chi connectivity index (χ4v) is 3.52. The van der Waals surface area contributed by atoms with Crippen molar-refractivity contribution in [2.24, 2.45) is 0 Å². The van der Waals surface area contributed by atoms with Crippen molar-refractivity contribution in [3.63, 3.8) is 0 Å². The summed E-state index contributed by atoms with van der Waals surface area (Å²) in [5.41, 5.74) is 0.929. The van der Waals surface area contributed by atoms with E-state index in [4.69, 9.17) is 4.74 Å². The number of hydrogen-bond donors (Lipinski definition) is 1. The first-order valence-corrected chi connectivity index (χ1v) is 10.3. The molecule has 1 N–H and O–H groups in total. The van der Waals surface area contributed by atoms with Crippen molar-refractivity contribution in [1.82, 2.24) is 10.2 Å². The lowest BCUT2D eigenvalue weighted by molar-refractivity contribution is -0.385. The molecule has 1 fully saturated rings. The summed E-state index contributed by atoms with van der Waals surface area (Å²) in [6.07, 6.45) is -4.41. The van der Waals surface area contributed by atoms with Gasteiger partial charge in [0, 0.05) is 32.2 Å². The van der Waals surface area contributed by atoms with Crippen molar-refractivity contribution in [3.8, 4) is 5.75 Å². The average molecular weight is 467 g/mol. The number of ether oxygens (including phenoxy) is 2. The maximum absolute atomic E-state index is 12.6. The van der Waals surface area contributed by atoms with Gasteiger partial charge in [-0.25, -0.2) is 0 Å². The number of rotatable bonds is 8. The second-order valence-corrected chi connectivity index (χ2v) is 7.76. The van der Waals surface area contributed by atoms with Crippen LogP contribution >= 0.6 is 0 Å². The zero-order valence-electron chi connectivity index (χ0n) is 17.9. The van der Waals surface area contributed by atoms with E-state index in [1.54, 1.807) is 0 Å². The molecule has 1 heterocycles. The Hall–Kier alpha value is -3.18. The predicted molar refractivity (Wildman–Crippen MR) is 113 cm³/mol. The summed E-state index contributed by atoms with van der Waals surface area (Å²) < 4.78 is 47.3. The highest BCUT2D eigenvalue weighted by Crippen LogP contribution is 2.26. The number of amides is 1. The molecular formula is C22H24F3N3O5. The van der Waals surface area contributed by atoms with E-state index in [2.05, 4.69) is 15.0 Å². The molecule has 1 amide bonds. The number of benzene rings is 2. The molecule has 2 aromatic rings. The molecule has 0 saturated carbocycles. The molecule has 0 radical (unpaired) electrons. The first kappa shape index (κ1) is 24.5. The maximum atomic E-state index is 12.6. The molecule has 8 nitrogen and oxygen atoms in total. The largest absolute Gasteiger partial charge is 0.484 e. The van der Waals surface area contributed by atoms with Crippen LogP contribution in [0.2, 0.25) is 0 Å². The molecule has 33 heavy (non-hydrogen) atoms. The van der Waals surface area contributed by atoms with E-state index in [1.165, 1.54) is 0 Å². The quantitative estimate of drug-likeness (QED) is 0.470. The molecular weight excluding hydrogens is 443 g/mol. The van der Waals surface area contributed by atoms with E-state index in [9.17, 15) is 28.1 Å². The zero-order valence-corrected chi connectivity index (χ0v) is 17.9. The molecule has 178 valence electrons. The monoisotopic (exact) mass is 467 g/mol. The Bertz CT molecular complexity index is 999. The fraction of sp³-hybridized carbons (Fsp3) is 0.409. The molecule has 1 aliphatic rings. The van der Waals surface area contributed by atoms with Crippen LogP contribution in [0.1, 0.15) is 28.4 Å². The SMILES string of the molecule is CC1CN(Cc2cccc(CNC(=O)c3cc(OCC(F)(F)F)ccc3[N+](=O)[O-])c2)CCO1. The third-order valence-electron chi connectivity index (χ3n) is 4.99. The lowest BCUT2D eigenvalue weighted by Gasteiger charge is -2.31. The molecule has 0 aromatic heterocycles. The average Bonchev–Trinajstić information content (AvgIpc) is 2.75. The number of alkyl halides is 3. The molecule has 1 atom stereocenters. The summed E-state index contributed by atoms with van der Waals surface area (Å²) in [7, 11) is 0. The number of morpholine rings is 1. The highest BCUT2D eigenvalue weighted by molar-refractivity contribution is 5.98. The van der Waals surface area contributed by atoms with Crippen molar-refractivity contribution in [2.75, 3.05) is 26.3 Å². The van der Waals surface area contributed by atoms with E-state index >= 15 is 0 Å².